The number of fused-ring (bicyclic) bond motifs is 1. The van der Waals surface area contributed by atoms with E-state index in [0.717, 1.165) is 11.8 Å². The number of pyridine rings is 1. The zero-order valence-corrected chi connectivity index (χ0v) is 14.1. The van der Waals surface area contributed by atoms with Gasteiger partial charge < -0.3 is 20.8 Å². The van der Waals surface area contributed by atoms with E-state index in [1.54, 1.807) is 18.2 Å². The highest BCUT2D eigenvalue weighted by Crippen LogP contribution is 2.49. The van der Waals surface area contributed by atoms with Crippen LogP contribution >= 0.6 is 11.8 Å². The van der Waals surface area contributed by atoms with Crippen molar-refractivity contribution < 1.29 is 24.6 Å². The first-order valence-corrected chi connectivity index (χ1v) is 8.55. The predicted octanol–water partition coefficient (Wildman–Crippen LogP) is 0.249. The zero-order valence-electron chi connectivity index (χ0n) is 13.3. The molecule has 0 aliphatic carbocycles. The van der Waals surface area contributed by atoms with Crippen LogP contribution in [-0.4, -0.2) is 50.0 Å². The van der Waals surface area contributed by atoms with Gasteiger partial charge in [-0.2, -0.15) is 0 Å². The van der Waals surface area contributed by atoms with Crippen LogP contribution in [-0.2, 0) is 14.4 Å². The number of carboxylic acid groups (broad SMARTS) is 1. The number of aromatic nitrogens is 1. The lowest BCUT2D eigenvalue weighted by molar-refractivity contribution is -0.161. The molecule has 25 heavy (non-hydrogen) atoms. The zero-order chi connectivity index (χ0) is 18.3. The van der Waals surface area contributed by atoms with Crippen LogP contribution in [0.3, 0.4) is 0 Å². The molecule has 0 bridgehead atoms. The van der Waals surface area contributed by atoms with Gasteiger partial charge in [-0.15, -0.1) is 11.8 Å². The Labute approximate surface area is 147 Å². The van der Waals surface area contributed by atoms with Gasteiger partial charge in [-0.25, -0.2) is 4.79 Å². The van der Waals surface area contributed by atoms with E-state index in [-0.39, 0.29) is 12.1 Å². The summed E-state index contributed by atoms with van der Waals surface area (Å²) in [6.45, 7) is 1.51. The summed E-state index contributed by atoms with van der Waals surface area (Å²) in [6, 6.07) is 4.64. The fraction of sp³-hybridized carbons (Fsp3) is 0.375. The smallest absolute Gasteiger partial charge is 0.353 e. The Hall–Kier alpha value is -2.39. The van der Waals surface area contributed by atoms with Crippen LogP contribution in [0.2, 0.25) is 0 Å². The van der Waals surface area contributed by atoms with Crippen molar-refractivity contribution in [1.82, 2.24) is 9.88 Å². The number of β-lactam (4-membered cyclic amide) rings is 1. The third-order valence-electron chi connectivity index (χ3n) is 4.37. The minimum atomic E-state index is -1.24. The number of amides is 2. The van der Waals surface area contributed by atoms with E-state index in [9.17, 15) is 24.6 Å². The van der Waals surface area contributed by atoms with Gasteiger partial charge in [0.15, 0.2) is 0 Å². The van der Waals surface area contributed by atoms with Crippen LogP contribution in [0.4, 0.5) is 0 Å². The van der Waals surface area contributed by atoms with Gasteiger partial charge in [-0.1, -0.05) is 6.07 Å². The van der Waals surface area contributed by atoms with Gasteiger partial charge in [0.25, 0.3) is 0 Å². The second kappa shape index (κ2) is 6.49. The van der Waals surface area contributed by atoms with Gasteiger partial charge in [0.1, 0.15) is 10.9 Å². The van der Waals surface area contributed by atoms with Crippen molar-refractivity contribution in [3.63, 3.8) is 0 Å². The van der Waals surface area contributed by atoms with Gasteiger partial charge >= 0.3 is 5.97 Å². The van der Waals surface area contributed by atoms with Crippen molar-refractivity contribution in [2.75, 3.05) is 0 Å². The van der Waals surface area contributed by atoms with Crippen molar-refractivity contribution >= 4 is 29.5 Å². The molecule has 9 heteroatoms. The largest absolute Gasteiger partial charge is 0.477 e. The SMILES string of the molecule is C[C@@H](O)[C@H]1C(=O)N2C(C(=O)O)=C(SC(C(N)=O)c3ccccn3)C[C@H]12. The molecule has 2 aliphatic rings. The Morgan fingerprint density at radius 3 is 2.68 bits per heavy atom. The summed E-state index contributed by atoms with van der Waals surface area (Å²) in [5, 5.41) is 18.4. The highest BCUT2D eigenvalue weighted by Gasteiger charge is 2.57. The molecule has 3 rings (SSSR count). The third kappa shape index (κ3) is 2.89. The highest BCUT2D eigenvalue weighted by molar-refractivity contribution is 8.04. The number of carboxylic acids is 1. The molecule has 1 saturated heterocycles. The lowest BCUT2D eigenvalue weighted by Crippen LogP contribution is -2.61. The molecule has 0 saturated carbocycles. The molecule has 2 aliphatic heterocycles. The number of thioether (sulfide) groups is 1. The van der Waals surface area contributed by atoms with Gasteiger partial charge in [0.05, 0.1) is 23.8 Å². The molecule has 8 nitrogen and oxygen atoms in total. The topological polar surface area (TPSA) is 134 Å². The molecule has 0 aromatic carbocycles. The van der Waals surface area contributed by atoms with Gasteiger partial charge in [-0.3, -0.25) is 14.6 Å². The number of carbonyl (C=O) groups excluding carboxylic acids is 2. The lowest BCUT2D eigenvalue weighted by Gasteiger charge is -2.44. The average molecular weight is 363 g/mol. The number of rotatable bonds is 6. The number of carbonyl (C=O) groups is 3. The predicted molar refractivity (Wildman–Crippen MR) is 88.8 cm³/mol. The second-order valence-electron chi connectivity index (χ2n) is 5.98. The molecule has 1 unspecified atom stereocenters. The lowest BCUT2D eigenvalue weighted by atomic mass is 9.83. The molecule has 1 aromatic heterocycles. The number of hydrogen-bond donors (Lipinski definition) is 3. The molecule has 4 atom stereocenters. The summed E-state index contributed by atoms with van der Waals surface area (Å²) in [6.07, 6.45) is 0.924. The molecular formula is C16H17N3O5S. The molecule has 2 amide bonds. The minimum Gasteiger partial charge on any atom is -0.477 e. The van der Waals surface area contributed by atoms with E-state index < -0.39 is 41.1 Å². The number of nitrogens with zero attached hydrogens (tertiary/aromatic N) is 2. The van der Waals surface area contributed by atoms with Crippen molar-refractivity contribution in [2.45, 2.75) is 30.7 Å². The van der Waals surface area contributed by atoms with Crippen molar-refractivity contribution in [2.24, 2.45) is 11.7 Å². The van der Waals surface area contributed by atoms with E-state index in [1.807, 2.05) is 0 Å². The van der Waals surface area contributed by atoms with Crippen LogP contribution in [0, 0.1) is 5.92 Å². The summed E-state index contributed by atoms with van der Waals surface area (Å²) in [5.74, 6) is -2.93. The van der Waals surface area contributed by atoms with Crippen molar-refractivity contribution in [3.05, 3.63) is 40.7 Å². The van der Waals surface area contributed by atoms with Crippen LogP contribution in [0.5, 0.6) is 0 Å². The molecular weight excluding hydrogens is 346 g/mol. The standard InChI is InChI=1S/C16H17N3O5S/c1-7(20)11-9-6-10(12(16(23)24)19(9)15(11)22)25-13(14(17)21)8-4-2-3-5-18-8/h2-5,7,9,11,13,20H,6H2,1H3,(H2,17,21)(H,23,24)/t7-,9-,11-,13?/m1/s1. The molecule has 1 aromatic rings. The summed E-state index contributed by atoms with van der Waals surface area (Å²) in [7, 11) is 0. The third-order valence-corrected chi connectivity index (χ3v) is 5.72. The van der Waals surface area contributed by atoms with Gasteiger partial charge in [0.2, 0.25) is 11.8 Å². The fourth-order valence-electron chi connectivity index (χ4n) is 3.27. The van der Waals surface area contributed by atoms with E-state index in [0.29, 0.717) is 10.6 Å². The fourth-order valence-corrected chi connectivity index (χ4v) is 4.50. The maximum absolute atomic E-state index is 12.2. The Morgan fingerprint density at radius 2 is 2.16 bits per heavy atom. The summed E-state index contributed by atoms with van der Waals surface area (Å²) in [4.78, 5) is 41.4. The first-order valence-electron chi connectivity index (χ1n) is 7.67. The number of nitrogens with two attached hydrogens (primary N) is 1. The first kappa shape index (κ1) is 17.4. The Kier molecular flexibility index (Phi) is 4.53. The Bertz CT molecular complexity index is 764. The van der Waals surface area contributed by atoms with E-state index >= 15 is 0 Å². The number of hydrogen-bond acceptors (Lipinski definition) is 6. The summed E-state index contributed by atoms with van der Waals surface area (Å²) < 4.78 is 0. The van der Waals surface area contributed by atoms with Crippen molar-refractivity contribution in [3.8, 4) is 0 Å². The molecule has 3 heterocycles. The first-order chi connectivity index (χ1) is 11.8. The monoisotopic (exact) mass is 363 g/mol. The number of primary amides is 1. The highest BCUT2D eigenvalue weighted by atomic mass is 32.2. The number of aliphatic hydroxyl groups excluding tert-OH is 1. The van der Waals surface area contributed by atoms with Crippen LogP contribution in [0.15, 0.2) is 35.0 Å². The molecule has 132 valence electrons. The van der Waals surface area contributed by atoms with Gasteiger partial charge in [-0.05, 0) is 19.1 Å². The summed E-state index contributed by atoms with van der Waals surface area (Å²) in [5.41, 5.74) is 5.75. The molecule has 1 fully saturated rings. The Balaban J connectivity index is 1.92. The molecule has 4 N–H and O–H groups in total. The molecule has 0 spiro atoms. The van der Waals surface area contributed by atoms with E-state index in [1.165, 1.54) is 18.0 Å². The normalized spacial score (nSPS) is 24.6. The van der Waals surface area contributed by atoms with Gasteiger partial charge in [0, 0.05) is 17.5 Å². The van der Waals surface area contributed by atoms with Crippen molar-refractivity contribution in [1.29, 1.82) is 0 Å². The van der Waals surface area contributed by atoms with E-state index in [4.69, 9.17) is 5.73 Å². The molecule has 0 radical (unpaired) electrons. The quantitative estimate of drug-likeness (QED) is 0.617. The maximum Gasteiger partial charge on any atom is 0.353 e. The second-order valence-corrected chi connectivity index (χ2v) is 7.18. The number of aliphatic carboxylic acids is 1. The number of aliphatic hydroxyl groups is 1. The maximum atomic E-state index is 12.2. The minimum absolute atomic E-state index is 0.140. The van der Waals surface area contributed by atoms with Crippen LogP contribution in [0.25, 0.3) is 0 Å². The Morgan fingerprint density at radius 1 is 1.44 bits per heavy atom. The summed E-state index contributed by atoms with van der Waals surface area (Å²) >= 11 is 0.999. The van der Waals surface area contributed by atoms with E-state index in [2.05, 4.69) is 4.98 Å². The average Bonchev–Trinajstić information content (AvgIpc) is 2.87. The van der Waals surface area contributed by atoms with Crippen LogP contribution < -0.4 is 5.73 Å². The van der Waals surface area contributed by atoms with Crippen LogP contribution in [0.1, 0.15) is 24.3 Å².